The van der Waals surface area contributed by atoms with Crippen molar-refractivity contribution in [3.63, 3.8) is 0 Å². The molecule has 0 aliphatic carbocycles. The number of aryl methyl sites for hydroxylation is 1. The highest BCUT2D eigenvalue weighted by Crippen LogP contribution is 2.41. The summed E-state index contributed by atoms with van der Waals surface area (Å²) >= 11 is 0. The second-order valence-corrected chi connectivity index (χ2v) is 8.79. The number of ether oxygens (including phenoxy) is 2. The van der Waals surface area contributed by atoms with E-state index in [0.29, 0.717) is 35.8 Å². The van der Waals surface area contributed by atoms with Gasteiger partial charge in [-0.2, -0.15) is 0 Å². The van der Waals surface area contributed by atoms with Crippen molar-refractivity contribution in [2.24, 2.45) is 0 Å². The van der Waals surface area contributed by atoms with E-state index in [1.54, 1.807) is 67.0 Å². The van der Waals surface area contributed by atoms with Crippen LogP contribution in [0.3, 0.4) is 0 Å². The Bertz CT molecular complexity index is 1320. The van der Waals surface area contributed by atoms with Gasteiger partial charge in [-0.1, -0.05) is 37.8 Å². The number of Topliss-reactive ketones (excluding diaryl/α,β-unsaturated/α-hetero) is 1. The average molecular weight is 499 g/mol. The van der Waals surface area contributed by atoms with E-state index in [2.05, 4.69) is 11.6 Å². The molecule has 7 nitrogen and oxygen atoms in total. The quantitative estimate of drug-likeness (QED) is 0.175. The Morgan fingerprint density at radius 2 is 1.92 bits per heavy atom. The van der Waals surface area contributed by atoms with Crippen LogP contribution in [-0.4, -0.2) is 39.9 Å². The molecule has 3 aromatic rings. The molecule has 7 heteroatoms. The van der Waals surface area contributed by atoms with E-state index in [4.69, 9.17) is 9.47 Å². The maximum atomic E-state index is 13.3. The first-order valence-corrected chi connectivity index (χ1v) is 12.2. The summed E-state index contributed by atoms with van der Waals surface area (Å²) in [6, 6.07) is 15.2. The number of pyridine rings is 1. The van der Waals surface area contributed by atoms with E-state index in [1.807, 2.05) is 19.9 Å². The van der Waals surface area contributed by atoms with Gasteiger partial charge < -0.3 is 19.5 Å². The van der Waals surface area contributed by atoms with E-state index in [1.165, 1.54) is 4.90 Å². The SMILES string of the molecule is C=CCOc1ccc([C@@H]2C(=C(O)c3ccc(OCCC)c(C)c3)C(=O)C(=O)N2Cc2cccnc2)cc1. The van der Waals surface area contributed by atoms with Crippen LogP contribution in [0, 0.1) is 6.92 Å². The number of carbonyl (C=O) groups is 2. The van der Waals surface area contributed by atoms with Crippen molar-refractivity contribution in [3.05, 3.63) is 107 Å². The lowest BCUT2D eigenvalue weighted by Gasteiger charge is -2.25. The number of amides is 1. The molecule has 1 aromatic heterocycles. The zero-order valence-corrected chi connectivity index (χ0v) is 21.0. The third-order valence-corrected chi connectivity index (χ3v) is 6.09. The van der Waals surface area contributed by atoms with E-state index in [9.17, 15) is 14.7 Å². The first kappa shape index (κ1) is 25.7. The third-order valence-electron chi connectivity index (χ3n) is 6.09. The fourth-order valence-corrected chi connectivity index (χ4v) is 4.31. The van der Waals surface area contributed by atoms with Gasteiger partial charge in [-0.25, -0.2) is 0 Å². The Hall–Kier alpha value is -4.39. The van der Waals surface area contributed by atoms with Crippen molar-refractivity contribution in [2.45, 2.75) is 32.9 Å². The van der Waals surface area contributed by atoms with Gasteiger partial charge in [0, 0.05) is 24.5 Å². The predicted molar refractivity (Wildman–Crippen MR) is 141 cm³/mol. The second kappa shape index (κ2) is 11.6. The first-order valence-electron chi connectivity index (χ1n) is 12.2. The van der Waals surface area contributed by atoms with Crippen LogP contribution in [0.2, 0.25) is 0 Å². The van der Waals surface area contributed by atoms with Crippen molar-refractivity contribution in [2.75, 3.05) is 13.2 Å². The summed E-state index contributed by atoms with van der Waals surface area (Å²) in [6.45, 7) is 8.66. The number of benzene rings is 2. The van der Waals surface area contributed by atoms with Gasteiger partial charge in [0.15, 0.2) is 0 Å². The molecule has 1 aliphatic heterocycles. The van der Waals surface area contributed by atoms with Crippen molar-refractivity contribution >= 4 is 17.4 Å². The molecule has 2 aromatic carbocycles. The minimum Gasteiger partial charge on any atom is -0.507 e. The second-order valence-electron chi connectivity index (χ2n) is 8.79. The smallest absolute Gasteiger partial charge is 0.295 e. The number of rotatable bonds is 10. The van der Waals surface area contributed by atoms with E-state index in [-0.39, 0.29) is 17.9 Å². The standard InChI is InChI=1S/C30H30N2O5/c1-4-15-36-24-11-8-22(9-12-24)27-26(28(33)23-10-13-25(20(3)17-23)37-16-5-2)29(34)30(35)32(27)19-21-7-6-14-31-18-21/h4,6-14,17-18,27,33H,1,5,15-16,19H2,2-3H3/t27-/m1/s1. The van der Waals surface area contributed by atoms with E-state index in [0.717, 1.165) is 17.5 Å². The lowest BCUT2D eigenvalue weighted by molar-refractivity contribution is -0.140. The number of hydrogen-bond acceptors (Lipinski definition) is 6. The molecular formula is C30H30N2O5. The van der Waals surface area contributed by atoms with Crippen molar-refractivity contribution in [1.82, 2.24) is 9.88 Å². The Morgan fingerprint density at radius 1 is 1.14 bits per heavy atom. The monoisotopic (exact) mass is 498 g/mol. The largest absolute Gasteiger partial charge is 0.507 e. The minimum atomic E-state index is -0.787. The molecule has 1 atom stereocenters. The average Bonchev–Trinajstić information content (AvgIpc) is 3.16. The maximum absolute atomic E-state index is 13.3. The van der Waals surface area contributed by atoms with Gasteiger partial charge >= 0.3 is 0 Å². The first-order chi connectivity index (χ1) is 17.9. The predicted octanol–water partition coefficient (Wildman–Crippen LogP) is 5.37. The van der Waals surface area contributed by atoms with Crippen molar-refractivity contribution in [3.8, 4) is 11.5 Å². The normalized spacial score (nSPS) is 16.6. The molecule has 0 unspecified atom stereocenters. The van der Waals surface area contributed by atoms with Crippen LogP contribution in [0.15, 0.2) is 85.2 Å². The van der Waals surface area contributed by atoms with Crippen LogP contribution in [0.5, 0.6) is 11.5 Å². The number of hydrogen-bond donors (Lipinski definition) is 1. The topological polar surface area (TPSA) is 89.0 Å². The number of likely N-dealkylation sites (tertiary alicyclic amines) is 1. The molecule has 1 amide bonds. The molecule has 1 aliphatic rings. The fraction of sp³-hybridized carbons (Fsp3) is 0.233. The number of ketones is 1. The van der Waals surface area contributed by atoms with Gasteiger partial charge in [0.1, 0.15) is 23.9 Å². The number of aliphatic hydroxyl groups is 1. The highest BCUT2D eigenvalue weighted by Gasteiger charge is 2.46. The van der Waals surface area contributed by atoms with Crippen molar-refractivity contribution < 1.29 is 24.2 Å². The molecule has 0 bridgehead atoms. The summed E-state index contributed by atoms with van der Waals surface area (Å²) in [7, 11) is 0. The van der Waals surface area contributed by atoms with E-state index < -0.39 is 17.7 Å². The van der Waals surface area contributed by atoms with Gasteiger partial charge in [-0.05, 0) is 66.4 Å². The van der Waals surface area contributed by atoms with Crippen LogP contribution in [0.4, 0.5) is 0 Å². The molecular weight excluding hydrogens is 468 g/mol. The van der Waals surface area contributed by atoms with Gasteiger partial charge in [0.2, 0.25) is 0 Å². The summed E-state index contributed by atoms with van der Waals surface area (Å²) in [5, 5.41) is 11.4. The molecule has 0 radical (unpaired) electrons. The van der Waals surface area contributed by atoms with Crippen LogP contribution in [0.25, 0.3) is 5.76 Å². The lowest BCUT2D eigenvalue weighted by atomic mass is 9.94. The van der Waals surface area contributed by atoms with Crippen LogP contribution in [0.1, 0.15) is 41.6 Å². The van der Waals surface area contributed by atoms with Crippen LogP contribution in [-0.2, 0) is 16.1 Å². The summed E-state index contributed by atoms with van der Waals surface area (Å²) in [6.07, 6.45) is 5.82. The zero-order valence-electron chi connectivity index (χ0n) is 21.0. The Morgan fingerprint density at radius 3 is 2.57 bits per heavy atom. The van der Waals surface area contributed by atoms with Gasteiger partial charge in [-0.15, -0.1) is 0 Å². The summed E-state index contributed by atoms with van der Waals surface area (Å²) < 4.78 is 11.3. The van der Waals surface area contributed by atoms with E-state index >= 15 is 0 Å². The maximum Gasteiger partial charge on any atom is 0.295 e. The highest BCUT2D eigenvalue weighted by atomic mass is 16.5. The summed E-state index contributed by atoms with van der Waals surface area (Å²) in [5.41, 5.74) is 2.75. The number of aromatic nitrogens is 1. The highest BCUT2D eigenvalue weighted by molar-refractivity contribution is 6.46. The zero-order chi connectivity index (χ0) is 26.4. The molecule has 37 heavy (non-hydrogen) atoms. The number of nitrogens with zero attached hydrogens (tertiary/aromatic N) is 2. The lowest BCUT2D eigenvalue weighted by Crippen LogP contribution is -2.29. The van der Waals surface area contributed by atoms with Crippen molar-refractivity contribution in [1.29, 1.82) is 0 Å². The Kier molecular flexibility index (Phi) is 8.03. The molecule has 1 saturated heterocycles. The molecule has 0 saturated carbocycles. The van der Waals surface area contributed by atoms with Gasteiger partial charge in [-0.3, -0.25) is 14.6 Å². The molecule has 2 heterocycles. The third kappa shape index (κ3) is 5.56. The van der Waals surface area contributed by atoms with Crippen LogP contribution >= 0.6 is 0 Å². The fourth-order valence-electron chi connectivity index (χ4n) is 4.31. The summed E-state index contributed by atoms with van der Waals surface area (Å²) in [4.78, 5) is 32.2. The number of carbonyl (C=O) groups excluding carboxylic acids is 2. The molecule has 4 rings (SSSR count). The van der Waals surface area contributed by atoms with Crippen LogP contribution < -0.4 is 9.47 Å². The van der Waals surface area contributed by atoms with Gasteiger partial charge in [0.05, 0.1) is 18.2 Å². The Balaban J connectivity index is 1.78. The molecule has 190 valence electrons. The summed E-state index contributed by atoms with van der Waals surface area (Å²) in [5.74, 6) is -0.299. The van der Waals surface area contributed by atoms with Gasteiger partial charge in [0.25, 0.3) is 11.7 Å². The molecule has 1 N–H and O–H groups in total. The molecule has 0 spiro atoms. The Labute approximate surface area is 216 Å². The molecule has 1 fully saturated rings. The number of aliphatic hydroxyl groups excluding tert-OH is 1. The minimum absolute atomic E-state index is 0.0373.